The SMILES string of the molecule is CNc1cccc2c1ncn2Cc1ccccc1F. The summed E-state index contributed by atoms with van der Waals surface area (Å²) in [6.07, 6.45) is 1.75. The molecule has 2 aromatic carbocycles. The molecule has 0 saturated carbocycles. The van der Waals surface area contributed by atoms with Crippen molar-refractivity contribution in [1.82, 2.24) is 9.55 Å². The molecule has 0 fully saturated rings. The van der Waals surface area contributed by atoms with E-state index in [4.69, 9.17) is 0 Å². The minimum Gasteiger partial charge on any atom is -0.386 e. The fraction of sp³-hybridized carbons (Fsp3) is 0.133. The summed E-state index contributed by atoms with van der Waals surface area (Å²) in [4.78, 5) is 4.39. The van der Waals surface area contributed by atoms with Crippen molar-refractivity contribution in [1.29, 1.82) is 0 Å². The highest BCUT2D eigenvalue weighted by molar-refractivity contribution is 5.88. The summed E-state index contributed by atoms with van der Waals surface area (Å²) in [5, 5.41) is 3.11. The fourth-order valence-corrected chi connectivity index (χ4v) is 2.23. The minimum atomic E-state index is -0.186. The molecule has 0 spiro atoms. The van der Waals surface area contributed by atoms with Crippen molar-refractivity contribution in [2.45, 2.75) is 6.54 Å². The highest BCUT2D eigenvalue weighted by Crippen LogP contribution is 2.22. The van der Waals surface area contributed by atoms with Gasteiger partial charge in [0.2, 0.25) is 0 Å². The van der Waals surface area contributed by atoms with E-state index < -0.39 is 0 Å². The van der Waals surface area contributed by atoms with Crippen molar-refractivity contribution in [3.8, 4) is 0 Å². The summed E-state index contributed by atoms with van der Waals surface area (Å²) in [7, 11) is 1.87. The average molecular weight is 255 g/mol. The third-order valence-electron chi connectivity index (χ3n) is 3.22. The van der Waals surface area contributed by atoms with E-state index in [0.717, 1.165) is 16.7 Å². The maximum atomic E-state index is 13.7. The van der Waals surface area contributed by atoms with Gasteiger partial charge >= 0.3 is 0 Å². The number of halogens is 1. The van der Waals surface area contributed by atoms with E-state index in [9.17, 15) is 4.39 Å². The van der Waals surface area contributed by atoms with Crippen molar-refractivity contribution in [2.24, 2.45) is 0 Å². The second kappa shape index (κ2) is 4.72. The Hall–Kier alpha value is -2.36. The zero-order valence-corrected chi connectivity index (χ0v) is 10.6. The molecule has 19 heavy (non-hydrogen) atoms. The Morgan fingerprint density at radius 3 is 2.79 bits per heavy atom. The van der Waals surface area contributed by atoms with Crippen molar-refractivity contribution < 1.29 is 4.39 Å². The molecular formula is C15H14FN3. The van der Waals surface area contributed by atoms with Crippen LogP contribution in [0.4, 0.5) is 10.1 Å². The topological polar surface area (TPSA) is 29.9 Å². The lowest BCUT2D eigenvalue weighted by Gasteiger charge is -2.06. The molecular weight excluding hydrogens is 241 g/mol. The second-order valence-electron chi connectivity index (χ2n) is 4.39. The summed E-state index contributed by atoms with van der Waals surface area (Å²) in [6, 6.07) is 12.7. The molecule has 0 aliphatic heterocycles. The quantitative estimate of drug-likeness (QED) is 0.778. The summed E-state index contributed by atoms with van der Waals surface area (Å²) in [6.45, 7) is 0.482. The van der Waals surface area contributed by atoms with Crippen LogP contribution in [0, 0.1) is 5.82 Å². The summed E-state index contributed by atoms with van der Waals surface area (Å²) in [5.74, 6) is -0.186. The molecule has 1 aromatic heterocycles. The van der Waals surface area contributed by atoms with Gasteiger partial charge < -0.3 is 9.88 Å². The zero-order chi connectivity index (χ0) is 13.2. The first-order valence-corrected chi connectivity index (χ1v) is 6.14. The van der Waals surface area contributed by atoms with Gasteiger partial charge in [0.1, 0.15) is 11.3 Å². The molecule has 1 heterocycles. The summed E-state index contributed by atoms with van der Waals surface area (Å²) >= 11 is 0. The Morgan fingerprint density at radius 1 is 1.16 bits per heavy atom. The van der Waals surface area contributed by atoms with Crippen LogP contribution in [0.3, 0.4) is 0 Å². The zero-order valence-electron chi connectivity index (χ0n) is 10.6. The summed E-state index contributed by atoms with van der Waals surface area (Å²) in [5.41, 5.74) is 3.54. The minimum absolute atomic E-state index is 0.186. The smallest absolute Gasteiger partial charge is 0.128 e. The number of anilines is 1. The van der Waals surface area contributed by atoms with Crippen LogP contribution in [0.2, 0.25) is 0 Å². The number of nitrogens with one attached hydrogen (secondary N) is 1. The molecule has 0 atom stereocenters. The first-order chi connectivity index (χ1) is 9.29. The monoisotopic (exact) mass is 255 g/mol. The standard InChI is InChI=1S/C15H14FN3/c1-17-13-7-4-8-14-15(13)18-10-19(14)9-11-5-2-3-6-12(11)16/h2-8,10,17H,9H2,1H3. The molecule has 0 unspecified atom stereocenters. The number of nitrogens with zero attached hydrogens (tertiary/aromatic N) is 2. The average Bonchev–Trinajstić information content (AvgIpc) is 2.84. The van der Waals surface area contributed by atoms with Crippen molar-refractivity contribution in [3.63, 3.8) is 0 Å². The van der Waals surface area contributed by atoms with Crippen LogP contribution in [0.25, 0.3) is 11.0 Å². The van der Waals surface area contributed by atoms with Crippen LogP contribution in [0.15, 0.2) is 48.8 Å². The Bertz CT molecular complexity index is 718. The van der Waals surface area contributed by atoms with Gasteiger partial charge in [-0.3, -0.25) is 0 Å². The first-order valence-electron chi connectivity index (χ1n) is 6.14. The van der Waals surface area contributed by atoms with Crippen LogP contribution >= 0.6 is 0 Å². The van der Waals surface area contributed by atoms with E-state index >= 15 is 0 Å². The van der Waals surface area contributed by atoms with Crippen LogP contribution in [0.5, 0.6) is 0 Å². The molecule has 3 aromatic rings. The number of rotatable bonds is 3. The van der Waals surface area contributed by atoms with E-state index in [1.807, 2.05) is 35.9 Å². The molecule has 1 N–H and O–H groups in total. The van der Waals surface area contributed by atoms with Gasteiger partial charge in [-0.05, 0) is 18.2 Å². The Balaban J connectivity index is 2.05. The highest BCUT2D eigenvalue weighted by Gasteiger charge is 2.08. The van der Waals surface area contributed by atoms with E-state index in [1.54, 1.807) is 18.5 Å². The molecule has 3 nitrogen and oxygen atoms in total. The van der Waals surface area contributed by atoms with Crippen molar-refractivity contribution in [2.75, 3.05) is 12.4 Å². The van der Waals surface area contributed by atoms with Crippen LogP contribution in [-0.4, -0.2) is 16.6 Å². The number of para-hydroxylation sites is 1. The molecule has 0 saturated heterocycles. The molecule has 0 amide bonds. The Morgan fingerprint density at radius 2 is 2.00 bits per heavy atom. The van der Waals surface area contributed by atoms with Gasteiger partial charge in [-0.25, -0.2) is 9.37 Å². The lowest BCUT2D eigenvalue weighted by Crippen LogP contribution is -2.00. The van der Waals surface area contributed by atoms with E-state index in [1.165, 1.54) is 6.07 Å². The van der Waals surface area contributed by atoms with E-state index in [0.29, 0.717) is 12.1 Å². The maximum Gasteiger partial charge on any atom is 0.128 e. The molecule has 96 valence electrons. The number of hydrogen-bond donors (Lipinski definition) is 1. The van der Waals surface area contributed by atoms with Gasteiger partial charge in [0.15, 0.2) is 0 Å². The predicted octanol–water partition coefficient (Wildman–Crippen LogP) is 3.27. The normalized spacial score (nSPS) is 10.8. The lowest BCUT2D eigenvalue weighted by molar-refractivity contribution is 0.601. The first kappa shape index (κ1) is 11.7. The Labute approximate surface area is 110 Å². The molecule has 3 rings (SSSR count). The van der Waals surface area contributed by atoms with Gasteiger partial charge in [-0.2, -0.15) is 0 Å². The highest BCUT2D eigenvalue weighted by atomic mass is 19.1. The molecule has 4 heteroatoms. The largest absolute Gasteiger partial charge is 0.386 e. The van der Waals surface area contributed by atoms with Gasteiger partial charge in [0.25, 0.3) is 0 Å². The van der Waals surface area contributed by atoms with Gasteiger partial charge in [0, 0.05) is 12.6 Å². The van der Waals surface area contributed by atoms with Crippen LogP contribution in [-0.2, 0) is 6.54 Å². The van der Waals surface area contributed by atoms with E-state index in [-0.39, 0.29) is 5.82 Å². The third-order valence-corrected chi connectivity index (χ3v) is 3.22. The van der Waals surface area contributed by atoms with Gasteiger partial charge in [-0.1, -0.05) is 24.3 Å². The van der Waals surface area contributed by atoms with Crippen molar-refractivity contribution in [3.05, 3.63) is 60.2 Å². The molecule has 0 radical (unpaired) electrons. The maximum absolute atomic E-state index is 13.7. The molecule has 0 aliphatic carbocycles. The Kier molecular flexibility index (Phi) is 2.91. The van der Waals surface area contributed by atoms with E-state index in [2.05, 4.69) is 10.3 Å². The molecule has 0 bridgehead atoms. The van der Waals surface area contributed by atoms with Crippen molar-refractivity contribution >= 4 is 16.7 Å². The number of hydrogen-bond acceptors (Lipinski definition) is 2. The van der Waals surface area contributed by atoms with Crippen LogP contribution < -0.4 is 5.32 Å². The number of imidazole rings is 1. The lowest BCUT2D eigenvalue weighted by atomic mass is 10.2. The number of aromatic nitrogens is 2. The van der Waals surface area contributed by atoms with Crippen LogP contribution in [0.1, 0.15) is 5.56 Å². The fourth-order valence-electron chi connectivity index (χ4n) is 2.23. The van der Waals surface area contributed by atoms with Gasteiger partial charge in [0.05, 0.1) is 24.1 Å². The number of fused-ring (bicyclic) bond motifs is 1. The van der Waals surface area contributed by atoms with Gasteiger partial charge in [-0.15, -0.1) is 0 Å². The summed E-state index contributed by atoms with van der Waals surface area (Å²) < 4.78 is 15.6. The second-order valence-corrected chi connectivity index (χ2v) is 4.39. The third kappa shape index (κ3) is 2.05. The predicted molar refractivity (Wildman–Crippen MR) is 74.8 cm³/mol. The molecule has 0 aliphatic rings. The number of benzene rings is 2.